The van der Waals surface area contributed by atoms with Crippen molar-refractivity contribution in [1.29, 1.82) is 0 Å². The van der Waals surface area contributed by atoms with Gasteiger partial charge in [-0.1, -0.05) is 36.4 Å². The minimum Gasteiger partial charge on any atom is -0.477 e. The van der Waals surface area contributed by atoms with Crippen molar-refractivity contribution in [3.8, 4) is 78.0 Å². The zero-order valence-corrected chi connectivity index (χ0v) is 126. The van der Waals surface area contributed by atoms with Gasteiger partial charge in [-0.3, -0.25) is 0 Å². The molecule has 0 aliphatic heterocycles. The second-order valence-electron chi connectivity index (χ2n) is 23.1. The van der Waals surface area contributed by atoms with E-state index in [0.717, 1.165) is 79.4 Å². The summed E-state index contributed by atoms with van der Waals surface area (Å²) in [5, 5.41) is 19.7. The van der Waals surface area contributed by atoms with E-state index in [-0.39, 0.29) is 40.4 Å². The number of rotatable bonds is 14. The highest BCUT2D eigenvalue weighted by Crippen LogP contribution is 2.70. The molecule has 14 rings (SSSR count). The third-order valence-electron chi connectivity index (χ3n) is 15.6. The number of ether oxygens (including phenoxy) is 1. The monoisotopic (exact) mass is 3320 g/mol. The van der Waals surface area contributed by atoms with Gasteiger partial charge >= 0.3 is 47.5 Å². The zero-order chi connectivity index (χ0) is 106. The standard InChI is InChI=1S/C31H16F6O2S6.C30H14F6O2S6.S47.S12/c1-39-28(38)21-9-8-18(43-21)23-14-16(27(45-23)20-7-4-12-42-20)25-24(29(32,33)31(36,37)30(25,34)35)15-13-22(17-5-2-10-40-17)44-26(15)19-6-3-11-41-19;31-28(32)23(14-12-21(16-4-1-9-39-16)43-25(14)18-5-2-10-40-18)24(29(33,34)30(28,35)36)15-13-22(17-7-8-20(42-17)27(37)38)44-26(15)19-6-3-11-41-19;1-3-5-7-9-11-13-15-17-19-21-23-25-27-29-31-33-35-37-39-41-43-45-47-46-44-42-40-38-36-34-32-30-28-26-24-22-20-18-16-14-12-10-8-6-4-2;1-3-5-7-9-11-12-10-8-6-4-2/h2-14H,1H3;1-13H,(H,37,38);;. The van der Waals surface area contributed by atoms with Crippen LogP contribution in [0.5, 0.6) is 0 Å². The Morgan fingerprint density at radius 1 is 0.236 bits per heavy atom. The topological polar surface area (TPSA) is 63.6 Å². The largest absolute Gasteiger partial charge is 0.477 e. The molecule has 2 aliphatic rings. The van der Waals surface area contributed by atoms with Crippen molar-refractivity contribution in [3.63, 3.8) is 0 Å². The third-order valence-corrected chi connectivity index (χ3v) is 147. The molecule has 148 heavy (non-hydrogen) atoms. The van der Waals surface area contributed by atoms with Gasteiger partial charge in [0.05, 0.1) is 26.6 Å². The lowest BCUT2D eigenvalue weighted by atomic mass is 9.94. The van der Waals surface area contributed by atoms with Gasteiger partial charge in [-0.25, -0.2) is 9.59 Å². The van der Waals surface area contributed by atoms with E-state index in [0.29, 0.717) is 58.5 Å². The number of hydrogen-bond acceptors (Lipinski definition) is 19. The highest BCUT2D eigenvalue weighted by molar-refractivity contribution is 8.82. The van der Waals surface area contributed by atoms with Gasteiger partial charge in [0.1, 0.15) is 9.75 Å². The molecule has 0 radical (unpaired) electrons. The molecule has 0 atom stereocenters. The summed E-state index contributed by atoms with van der Waals surface area (Å²) in [6.45, 7) is 0. The van der Waals surface area contributed by atoms with Gasteiger partial charge in [0.25, 0.3) is 0 Å². The Balaban J connectivity index is 0.000000199. The predicted octanol–water partition coefficient (Wildman–Crippen LogP) is 24.5. The fourth-order valence-electron chi connectivity index (χ4n) is 10.7. The number of hydrogen-bond donors (Lipinski definition) is 1. The van der Waals surface area contributed by atoms with Gasteiger partial charge in [0.2, 0.25) is 0 Å². The second-order valence-corrected chi connectivity index (χ2v) is 132. The van der Waals surface area contributed by atoms with E-state index < -0.39 is 80.9 Å². The number of halogens is 12. The molecule has 0 bridgehead atoms. The number of thiophene rings is 12. The molecule has 1 N–H and O–H groups in total. The van der Waals surface area contributed by atoms with Crippen LogP contribution in [0.1, 0.15) is 41.6 Å². The minimum atomic E-state index is -5.73. The molecule has 12 aromatic heterocycles. The molecular weight excluding hydrogens is 3300 g/mol. The van der Waals surface area contributed by atoms with Gasteiger partial charge in [-0.15, -0.1) is 136 Å². The number of alkyl halides is 12. The van der Waals surface area contributed by atoms with E-state index in [1.165, 1.54) is 142 Å². The van der Waals surface area contributed by atoms with Crippen LogP contribution in [0.4, 0.5) is 52.7 Å². The average Bonchev–Trinajstić information content (AvgIpc) is 1.52. The first-order valence-electron chi connectivity index (χ1n) is 35.0. The quantitative estimate of drug-likeness (QED) is 0.0854. The second kappa shape index (κ2) is 73.8. The Kier molecular flexibility index (Phi) is 67.3. The summed E-state index contributed by atoms with van der Waals surface area (Å²) in [6.07, 6.45) is 0. The van der Waals surface area contributed by atoms with Crippen molar-refractivity contribution in [2.75, 3.05) is 7.11 Å². The third kappa shape index (κ3) is 40.9. The van der Waals surface area contributed by atoms with Crippen LogP contribution in [0.15, 0.2) is 154 Å². The molecule has 0 amide bonds. The van der Waals surface area contributed by atoms with E-state index in [4.69, 9.17) is 27.1 Å². The van der Waals surface area contributed by atoms with Crippen LogP contribution < -0.4 is 0 Å². The number of carbonyl (C=O) groups is 2. The Bertz CT molecular complexity index is 9680. The van der Waals surface area contributed by atoms with Crippen molar-refractivity contribution in [2.45, 2.75) is 35.5 Å². The first-order chi connectivity index (χ1) is 71.7. The molecule has 0 saturated carbocycles. The van der Waals surface area contributed by atoms with E-state index in [1.807, 2.05) is 275 Å². The molecule has 808 valence electrons. The summed E-state index contributed by atoms with van der Waals surface area (Å²) >= 11 is 32.4. The highest BCUT2D eigenvalue weighted by Gasteiger charge is 2.82. The summed E-state index contributed by atoms with van der Waals surface area (Å²) in [5.41, 5.74) is -7.18. The van der Waals surface area contributed by atoms with Crippen molar-refractivity contribution < 1.29 is 72.1 Å². The van der Waals surface area contributed by atoms with Crippen LogP contribution in [0.25, 0.3) is 100 Å². The lowest BCUT2D eigenvalue weighted by Crippen LogP contribution is -2.48. The van der Waals surface area contributed by atoms with E-state index >= 15 is 52.7 Å². The SMILES string of the molecule is COC(=O)c1ccc(-c2cc(C3=C(c4cc(-c5cccs5)sc4-c4cccs4)C(F)(F)C(F)(F)C3(F)F)c(-c3cccs3)s2)s1.O=C(O)c1ccc(-c2cc(C3=C(c4cc(-c5cccs5)sc4-c4cccs4)C(F)(F)C(F)(F)C3(F)F)c(-c3cccs3)s2)s1.S=S=S=S=S=S=S=S=S=S=S=S.S=S=S=S=S=S=S=S=S=S=S=S=S=S=S=S=S=S=S=S=S=S=S=S=S=S=S=S=S=S=S=S=S=S=S=S=S=S=S=S=S=S=S=S=S=S=S. The molecule has 2 aliphatic carbocycles. The minimum absolute atomic E-state index is 0.0169. The smallest absolute Gasteiger partial charge is 0.380 e. The highest BCUT2D eigenvalue weighted by atomic mass is 33.5. The van der Waals surface area contributed by atoms with E-state index in [1.54, 1.807) is 289 Å². The maximum atomic E-state index is 16.1. The van der Waals surface area contributed by atoms with Gasteiger partial charge in [0, 0.05) is 636 Å². The molecule has 0 aromatic carbocycles. The molecule has 4 nitrogen and oxygen atoms in total. The Morgan fingerprint density at radius 2 is 0.412 bits per heavy atom. The van der Waals surface area contributed by atoms with Crippen LogP contribution in [0.3, 0.4) is 0 Å². The Labute approximate surface area is 1060 Å². The molecule has 0 fully saturated rings. The molecule has 0 spiro atoms. The van der Waals surface area contributed by atoms with Crippen molar-refractivity contribution >= 4 is 703 Å². The number of carboxylic acids is 1. The summed E-state index contributed by atoms with van der Waals surface area (Å²) in [5.74, 6) is -34.1. The summed E-state index contributed by atoms with van der Waals surface area (Å²) < 4.78 is 195. The Hall–Kier alpha value is 6.96. The number of methoxy groups -OCH3 is 1. The molecule has 0 saturated heterocycles. The van der Waals surface area contributed by atoms with Crippen LogP contribution in [-0.4, -0.2) is 59.7 Å². The molecule has 87 heteroatoms. The van der Waals surface area contributed by atoms with Crippen LogP contribution in [0.2, 0.25) is 0 Å². The number of esters is 1. The zero-order valence-electron chi connectivity index (χ0n) is 68.2. The molecule has 12 heterocycles. The number of carboxylic acid groups (broad SMARTS) is 1. The summed E-state index contributed by atoms with van der Waals surface area (Å²) in [6, 6.07) is 31.2. The van der Waals surface area contributed by atoms with Gasteiger partial charge < -0.3 is 9.84 Å². The maximum absolute atomic E-state index is 16.1. The fraction of sp³-hybridized carbons (Fsp3) is 0.115. The van der Waals surface area contributed by atoms with Crippen molar-refractivity contribution in [3.05, 3.63) is 186 Å². The molecular formula is C61H30F12O4S71. The van der Waals surface area contributed by atoms with Gasteiger partial charge in [0.15, 0.2) is 0 Å². The van der Waals surface area contributed by atoms with E-state index in [2.05, 4.69) is 22.4 Å². The first-order valence-corrected chi connectivity index (χ1v) is 121. The van der Waals surface area contributed by atoms with Crippen LogP contribution in [-0.2, 0) is 538 Å². The van der Waals surface area contributed by atoms with Gasteiger partial charge in [-0.2, -0.15) is 52.7 Å². The first kappa shape index (κ1) is 135. The number of aromatic carboxylic acids is 1. The van der Waals surface area contributed by atoms with Crippen molar-refractivity contribution in [1.82, 2.24) is 0 Å². The lowest BCUT2D eigenvalue weighted by molar-refractivity contribution is -0.254. The average molecular weight is 3330 g/mol. The molecule has 12 aromatic rings. The van der Waals surface area contributed by atoms with Crippen molar-refractivity contribution in [2.24, 2.45) is 0 Å². The number of carbonyl (C=O) groups excluding carboxylic acids is 1. The van der Waals surface area contributed by atoms with Crippen LogP contribution in [0, 0.1) is 0 Å². The maximum Gasteiger partial charge on any atom is 0.380 e. The normalized spacial score (nSPS) is 13.2. The van der Waals surface area contributed by atoms with Gasteiger partial charge in [-0.05, 0) is 117 Å². The van der Waals surface area contributed by atoms with Crippen LogP contribution >= 0.6 is 136 Å². The summed E-state index contributed by atoms with van der Waals surface area (Å²) in [4.78, 5) is 30.2. The van der Waals surface area contributed by atoms with E-state index in [9.17, 15) is 14.7 Å². The Morgan fingerprint density at radius 3 is 0.581 bits per heavy atom. The summed E-state index contributed by atoms with van der Waals surface area (Å²) in [7, 11) is 97.7. The predicted molar refractivity (Wildman–Crippen MR) is 780 cm³/mol. The lowest BCUT2D eigenvalue weighted by Gasteiger charge is -2.25. The molecule has 0 unspecified atom stereocenters. The fourth-order valence-corrected chi connectivity index (χ4v) is 162. The number of allylic oxidation sites excluding steroid dienone is 4.